The van der Waals surface area contributed by atoms with Crippen LogP contribution < -0.4 is 5.32 Å². The van der Waals surface area contributed by atoms with Gasteiger partial charge in [0.2, 0.25) is 11.8 Å². The van der Waals surface area contributed by atoms with Gasteiger partial charge in [-0.2, -0.15) is 13.2 Å². The van der Waals surface area contributed by atoms with E-state index in [1.54, 1.807) is 0 Å². The highest BCUT2D eigenvalue weighted by molar-refractivity contribution is 5.93. The van der Waals surface area contributed by atoms with E-state index in [2.05, 4.69) is 15.1 Å². The third-order valence-electron chi connectivity index (χ3n) is 6.86. The van der Waals surface area contributed by atoms with Gasteiger partial charge < -0.3 is 10.2 Å². The number of benzene rings is 1. The molecule has 0 radical (unpaired) electrons. The number of likely N-dealkylation sites (tertiary alicyclic amines) is 2. The molecule has 0 saturated carbocycles. The van der Waals surface area contributed by atoms with Crippen molar-refractivity contribution in [2.45, 2.75) is 31.5 Å². The van der Waals surface area contributed by atoms with E-state index in [1.807, 2.05) is 9.80 Å². The van der Waals surface area contributed by atoms with Crippen molar-refractivity contribution in [1.82, 2.24) is 19.6 Å². The number of anilines is 1. The summed E-state index contributed by atoms with van der Waals surface area (Å²) in [6.45, 7) is 6.76. The highest BCUT2D eigenvalue weighted by Gasteiger charge is 2.34. The first-order chi connectivity index (χ1) is 15.8. The minimum Gasteiger partial charge on any atom is -0.339 e. The van der Waals surface area contributed by atoms with E-state index in [9.17, 15) is 22.8 Å². The van der Waals surface area contributed by atoms with Gasteiger partial charge in [0.05, 0.1) is 24.3 Å². The van der Waals surface area contributed by atoms with Gasteiger partial charge in [0.1, 0.15) is 0 Å². The molecule has 2 amide bonds. The molecule has 1 aromatic carbocycles. The van der Waals surface area contributed by atoms with Crippen LogP contribution >= 0.6 is 0 Å². The molecular weight excluding hydrogens is 435 g/mol. The van der Waals surface area contributed by atoms with Crippen LogP contribution in [-0.2, 0) is 15.8 Å². The fraction of sp³-hybridized carbons (Fsp3) is 0.652. The molecule has 182 valence electrons. The summed E-state index contributed by atoms with van der Waals surface area (Å²) in [7, 11) is 0. The van der Waals surface area contributed by atoms with E-state index < -0.39 is 17.6 Å². The number of amides is 2. The summed E-state index contributed by atoms with van der Waals surface area (Å²) < 4.78 is 39.3. The number of halogens is 3. The normalized spacial score (nSPS) is 23.2. The summed E-state index contributed by atoms with van der Waals surface area (Å²) in [4.78, 5) is 33.6. The molecule has 0 bridgehead atoms. The summed E-state index contributed by atoms with van der Waals surface area (Å²) in [5.74, 6) is -0.378. The standard InChI is InChI=1S/C23H32F3N5O2/c24-23(25,26)19-5-1-2-6-20(19)27-21(32)16-28-11-13-31(14-12-28)22(33)17-29-10-7-18(15-29)30-8-3-4-9-30/h1-2,5-6,18H,3-4,7-17H2,(H,27,32). The Morgan fingerprint density at radius 3 is 2.30 bits per heavy atom. The van der Waals surface area contributed by atoms with Crippen molar-refractivity contribution in [2.24, 2.45) is 0 Å². The molecule has 1 unspecified atom stereocenters. The largest absolute Gasteiger partial charge is 0.418 e. The number of alkyl halides is 3. The van der Waals surface area contributed by atoms with Crippen molar-refractivity contribution >= 4 is 17.5 Å². The van der Waals surface area contributed by atoms with Crippen molar-refractivity contribution in [3.05, 3.63) is 29.8 Å². The molecule has 3 saturated heterocycles. The average molecular weight is 468 g/mol. The van der Waals surface area contributed by atoms with Crippen molar-refractivity contribution in [1.29, 1.82) is 0 Å². The molecule has 3 heterocycles. The predicted molar refractivity (Wildman–Crippen MR) is 119 cm³/mol. The topological polar surface area (TPSA) is 59.1 Å². The van der Waals surface area contributed by atoms with Crippen LogP contribution in [0.25, 0.3) is 0 Å². The molecule has 3 aliphatic rings. The zero-order valence-corrected chi connectivity index (χ0v) is 18.8. The first-order valence-electron chi connectivity index (χ1n) is 11.7. The van der Waals surface area contributed by atoms with E-state index in [1.165, 1.54) is 44.1 Å². The molecule has 3 aliphatic heterocycles. The highest BCUT2D eigenvalue weighted by atomic mass is 19.4. The average Bonchev–Trinajstić information content (AvgIpc) is 3.46. The van der Waals surface area contributed by atoms with Crippen LogP contribution in [0.5, 0.6) is 0 Å². The second-order valence-electron chi connectivity index (χ2n) is 9.17. The maximum absolute atomic E-state index is 13.1. The quantitative estimate of drug-likeness (QED) is 0.693. The molecule has 10 heteroatoms. The van der Waals surface area contributed by atoms with Crippen LogP contribution in [0, 0.1) is 0 Å². The first kappa shape index (κ1) is 24.0. The lowest BCUT2D eigenvalue weighted by Crippen LogP contribution is -2.52. The monoisotopic (exact) mass is 467 g/mol. The molecule has 0 spiro atoms. The molecule has 7 nitrogen and oxygen atoms in total. The Morgan fingerprint density at radius 2 is 1.61 bits per heavy atom. The Balaban J connectivity index is 1.19. The molecule has 0 aromatic heterocycles. The summed E-state index contributed by atoms with van der Waals surface area (Å²) in [5.41, 5.74) is -1.09. The molecular formula is C23H32F3N5O2. The second-order valence-corrected chi connectivity index (χ2v) is 9.17. The number of carbonyl (C=O) groups excluding carboxylic acids is 2. The summed E-state index contributed by atoms with van der Waals surface area (Å²) >= 11 is 0. The number of nitrogens with one attached hydrogen (secondary N) is 1. The van der Waals surface area contributed by atoms with Crippen LogP contribution in [0.3, 0.4) is 0 Å². The zero-order chi connectivity index (χ0) is 23.4. The number of hydrogen-bond acceptors (Lipinski definition) is 5. The Morgan fingerprint density at radius 1 is 0.909 bits per heavy atom. The fourth-order valence-corrected chi connectivity index (χ4v) is 5.04. The minimum atomic E-state index is -4.53. The van der Waals surface area contributed by atoms with Crippen LogP contribution in [0.15, 0.2) is 24.3 Å². The molecule has 0 aliphatic carbocycles. The third-order valence-corrected chi connectivity index (χ3v) is 6.86. The van der Waals surface area contributed by atoms with Crippen LogP contribution in [0.1, 0.15) is 24.8 Å². The van der Waals surface area contributed by atoms with E-state index in [4.69, 9.17) is 0 Å². The molecule has 33 heavy (non-hydrogen) atoms. The SMILES string of the molecule is O=C(CN1CCN(C(=O)CN2CCC(N3CCCC3)C2)CC1)Nc1ccccc1C(F)(F)F. The van der Waals surface area contributed by atoms with Crippen LogP contribution in [-0.4, -0.2) is 103 Å². The maximum Gasteiger partial charge on any atom is 0.418 e. The lowest BCUT2D eigenvalue weighted by molar-refractivity contribution is -0.137. The van der Waals surface area contributed by atoms with Gasteiger partial charge in [0, 0.05) is 45.3 Å². The van der Waals surface area contributed by atoms with E-state index in [0.717, 1.165) is 25.6 Å². The summed E-state index contributed by atoms with van der Waals surface area (Å²) in [6, 6.07) is 5.53. The number of carbonyl (C=O) groups is 2. The predicted octanol–water partition coefficient (Wildman–Crippen LogP) is 1.96. The van der Waals surface area contributed by atoms with Crippen molar-refractivity contribution in [3.63, 3.8) is 0 Å². The Kier molecular flexibility index (Phi) is 7.55. The lowest BCUT2D eigenvalue weighted by Gasteiger charge is -2.35. The zero-order valence-electron chi connectivity index (χ0n) is 18.8. The molecule has 1 N–H and O–H groups in total. The Labute approximate surface area is 192 Å². The number of rotatable bonds is 6. The minimum absolute atomic E-state index is 0.00212. The van der Waals surface area contributed by atoms with E-state index in [0.29, 0.717) is 38.8 Å². The number of hydrogen-bond donors (Lipinski definition) is 1. The maximum atomic E-state index is 13.1. The van der Waals surface area contributed by atoms with Crippen molar-refractivity contribution in [2.75, 3.05) is 70.8 Å². The van der Waals surface area contributed by atoms with E-state index in [-0.39, 0.29) is 18.1 Å². The van der Waals surface area contributed by atoms with Crippen molar-refractivity contribution in [3.8, 4) is 0 Å². The van der Waals surface area contributed by atoms with Gasteiger partial charge in [0.25, 0.3) is 0 Å². The third kappa shape index (κ3) is 6.24. The van der Waals surface area contributed by atoms with Crippen LogP contribution in [0.4, 0.5) is 18.9 Å². The summed E-state index contributed by atoms with van der Waals surface area (Å²) in [6.07, 6.45) is -0.869. The number of nitrogens with zero attached hydrogens (tertiary/aromatic N) is 4. The Hall–Kier alpha value is -2.17. The van der Waals surface area contributed by atoms with Gasteiger partial charge in [-0.1, -0.05) is 12.1 Å². The van der Waals surface area contributed by atoms with Gasteiger partial charge in [0.15, 0.2) is 0 Å². The first-order valence-corrected chi connectivity index (χ1v) is 11.7. The molecule has 3 fully saturated rings. The van der Waals surface area contributed by atoms with Gasteiger partial charge in [-0.3, -0.25) is 24.3 Å². The van der Waals surface area contributed by atoms with Gasteiger partial charge in [-0.05, 0) is 44.5 Å². The Bertz CT molecular complexity index is 836. The number of para-hydroxylation sites is 1. The van der Waals surface area contributed by atoms with Gasteiger partial charge in [-0.25, -0.2) is 0 Å². The van der Waals surface area contributed by atoms with Crippen molar-refractivity contribution < 1.29 is 22.8 Å². The molecule has 4 rings (SSSR count). The van der Waals surface area contributed by atoms with Gasteiger partial charge in [-0.15, -0.1) is 0 Å². The van der Waals surface area contributed by atoms with Crippen LogP contribution in [0.2, 0.25) is 0 Å². The lowest BCUT2D eigenvalue weighted by atomic mass is 10.1. The smallest absolute Gasteiger partial charge is 0.339 e. The highest BCUT2D eigenvalue weighted by Crippen LogP contribution is 2.34. The second kappa shape index (κ2) is 10.4. The fourth-order valence-electron chi connectivity index (χ4n) is 5.04. The van der Waals surface area contributed by atoms with E-state index >= 15 is 0 Å². The number of piperazine rings is 1. The molecule has 1 aromatic rings. The van der Waals surface area contributed by atoms with Gasteiger partial charge >= 0.3 is 6.18 Å². The molecule has 1 atom stereocenters. The summed E-state index contributed by atoms with van der Waals surface area (Å²) in [5, 5.41) is 2.38.